The third-order valence-corrected chi connectivity index (χ3v) is 6.06. The van der Waals surface area contributed by atoms with Crippen LogP contribution in [0, 0.1) is 0 Å². The van der Waals surface area contributed by atoms with Crippen molar-refractivity contribution in [3.8, 4) is 0 Å². The van der Waals surface area contributed by atoms with Gasteiger partial charge in [0.25, 0.3) is 0 Å². The van der Waals surface area contributed by atoms with Crippen molar-refractivity contribution in [1.82, 2.24) is 0 Å². The van der Waals surface area contributed by atoms with Gasteiger partial charge in [0.2, 0.25) is 0 Å². The van der Waals surface area contributed by atoms with E-state index in [1.807, 2.05) is 6.07 Å². The largest absolute Gasteiger partial charge is 0.379 e. The molecule has 0 radical (unpaired) electrons. The van der Waals surface area contributed by atoms with E-state index in [2.05, 4.69) is 40.4 Å². The van der Waals surface area contributed by atoms with Crippen molar-refractivity contribution in [3.05, 3.63) is 35.9 Å². The summed E-state index contributed by atoms with van der Waals surface area (Å²) in [4.78, 5) is 0. The van der Waals surface area contributed by atoms with Crippen molar-refractivity contribution in [2.24, 2.45) is 0 Å². The molecule has 0 aliphatic rings. The van der Waals surface area contributed by atoms with Gasteiger partial charge in [0, 0.05) is 6.61 Å². The zero-order valence-electron chi connectivity index (χ0n) is 19.1. The second-order valence-corrected chi connectivity index (χ2v) is 8.80. The Morgan fingerprint density at radius 1 is 0.724 bits per heavy atom. The van der Waals surface area contributed by atoms with E-state index in [4.69, 9.17) is 9.47 Å². The van der Waals surface area contributed by atoms with Crippen LogP contribution < -0.4 is 0 Å². The summed E-state index contributed by atoms with van der Waals surface area (Å²) < 4.78 is 11.8. The molecular weight excluding hydrogens is 375 g/mol. The Balaban J connectivity index is 1.81. The van der Waals surface area contributed by atoms with Gasteiger partial charge in [-0.2, -0.15) is 0 Å². The van der Waals surface area contributed by atoms with Gasteiger partial charge in [0.1, 0.15) is 0 Å². The van der Waals surface area contributed by atoms with Gasteiger partial charge in [-0.25, -0.2) is 0 Å². The van der Waals surface area contributed by atoms with E-state index < -0.39 is 0 Å². The molecular formula is C26H47O2P. The fourth-order valence-electron chi connectivity index (χ4n) is 3.59. The fourth-order valence-corrected chi connectivity index (χ4v) is 3.86. The second-order valence-electron chi connectivity index (χ2n) is 8.33. The topological polar surface area (TPSA) is 18.5 Å². The molecule has 0 saturated heterocycles. The summed E-state index contributed by atoms with van der Waals surface area (Å²) in [5.41, 5.74) is 1.22. The fraction of sp³-hybridized carbons (Fsp3) is 0.769. The number of unbranched alkanes of at least 4 members (excludes halogenated alkanes) is 13. The first-order valence-electron chi connectivity index (χ1n) is 12.3. The smallest absolute Gasteiger partial charge is 0.0847 e. The van der Waals surface area contributed by atoms with Crippen LogP contribution in [-0.4, -0.2) is 25.5 Å². The van der Waals surface area contributed by atoms with E-state index in [0.29, 0.717) is 13.2 Å². The predicted octanol–water partition coefficient (Wildman–Crippen LogP) is 7.94. The van der Waals surface area contributed by atoms with Crippen LogP contribution in [0.25, 0.3) is 0 Å². The zero-order chi connectivity index (χ0) is 20.8. The lowest BCUT2D eigenvalue weighted by molar-refractivity contribution is -0.0130. The summed E-state index contributed by atoms with van der Waals surface area (Å²) in [7, 11) is 2.78. The normalized spacial score (nSPS) is 12.3. The van der Waals surface area contributed by atoms with Crippen LogP contribution >= 0.6 is 9.24 Å². The Labute approximate surface area is 183 Å². The van der Waals surface area contributed by atoms with Gasteiger partial charge in [-0.1, -0.05) is 121 Å². The maximum Gasteiger partial charge on any atom is 0.0847 e. The third kappa shape index (κ3) is 17.0. The van der Waals surface area contributed by atoms with Crippen LogP contribution in [0.15, 0.2) is 30.3 Å². The Kier molecular flexibility index (Phi) is 19.1. The molecule has 0 aromatic heterocycles. The highest BCUT2D eigenvalue weighted by molar-refractivity contribution is 7.16. The summed E-state index contributed by atoms with van der Waals surface area (Å²) >= 11 is 0. The van der Waals surface area contributed by atoms with Crippen LogP contribution in [-0.2, 0) is 16.1 Å². The average Bonchev–Trinajstić information content (AvgIpc) is 2.76. The molecule has 1 rings (SSSR count). The monoisotopic (exact) mass is 422 g/mol. The molecule has 0 fully saturated rings. The van der Waals surface area contributed by atoms with Crippen LogP contribution in [0.3, 0.4) is 0 Å². The molecule has 1 aromatic rings. The number of hydrogen-bond donors (Lipinski definition) is 0. The minimum absolute atomic E-state index is 0.173. The van der Waals surface area contributed by atoms with Crippen molar-refractivity contribution in [1.29, 1.82) is 0 Å². The number of benzene rings is 1. The third-order valence-electron chi connectivity index (χ3n) is 5.54. The maximum atomic E-state index is 5.96. The van der Waals surface area contributed by atoms with Crippen molar-refractivity contribution in [2.45, 2.75) is 110 Å². The Hall–Kier alpha value is -0.430. The van der Waals surface area contributed by atoms with E-state index in [1.165, 1.54) is 95.5 Å². The predicted molar refractivity (Wildman–Crippen MR) is 131 cm³/mol. The number of rotatable bonds is 21. The summed E-state index contributed by atoms with van der Waals surface area (Å²) in [6.07, 6.45) is 20.6. The van der Waals surface area contributed by atoms with Crippen molar-refractivity contribution in [3.63, 3.8) is 0 Å². The summed E-state index contributed by atoms with van der Waals surface area (Å²) in [6, 6.07) is 10.4. The summed E-state index contributed by atoms with van der Waals surface area (Å²) in [5.74, 6) is 0. The first kappa shape index (κ1) is 26.6. The van der Waals surface area contributed by atoms with Crippen LogP contribution in [0.2, 0.25) is 0 Å². The van der Waals surface area contributed by atoms with Gasteiger partial charge in [0.05, 0.1) is 19.3 Å². The van der Waals surface area contributed by atoms with Crippen molar-refractivity contribution < 1.29 is 9.47 Å². The average molecular weight is 423 g/mol. The lowest BCUT2D eigenvalue weighted by Crippen LogP contribution is -2.21. The number of ether oxygens (including phenoxy) is 2. The van der Waals surface area contributed by atoms with Gasteiger partial charge >= 0.3 is 0 Å². The minimum Gasteiger partial charge on any atom is -0.379 e. The highest BCUT2D eigenvalue weighted by Crippen LogP contribution is 2.13. The van der Waals surface area contributed by atoms with E-state index >= 15 is 0 Å². The molecule has 2 atom stereocenters. The highest BCUT2D eigenvalue weighted by Gasteiger charge is 2.07. The molecule has 1 aromatic carbocycles. The molecule has 168 valence electrons. The molecule has 0 N–H and O–H groups in total. The van der Waals surface area contributed by atoms with E-state index in [9.17, 15) is 0 Å². The lowest BCUT2D eigenvalue weighted by Gasteiger charge is -2.16. The van der Waals surface area contributed by atoms with Crippen molar-refractivity contribution >= 4 is 9.24 Å². The molecule has 0 bridgehead atoms. The molecule has 0 spiro atoms. The van der Waals surface area contributed by atoms with Crippen molar-refractivity contribution in [2.75, 3.05) is 19.4 Å². The first-order chi connectivity index (χ1) is 14.4. The Morgan fingerprint density at radius 3 is 1.76 bits per heavy atom. The van der Waals surface area contributed by atoms with Crippen LogP contribution in [0.5, 0.6) is 0 Å². The highest BCUT2D eigenvalue weighted by atomic mass is 31.0. The summed E-state index contributed by atoms with van der Waals surface area (Å²) in [6.45, 7) is 4.53. The SMILES string of the molecule is CCCCCCCCCCCCCCCCOCC(CP)OCc1ccccc1. The molecule has 2 unspecified atom stereocenters. The number of hydrogen-bond acceptors (Lipinski definition) is 2. The zero-order valence-corrected chi connectivity index (χ0v) is 20.2. The first-order valence-corrected chi connectivity index (χ1v) is 13.1. The minimum atomic E-state index is 0.173. The van der Waals surface area contributed by atoms with Crippen LogP contribution in [0.1, 0.15) is 102 Å². The van der Waals surface area contributed by atoms with Gasteiger partial charge in [-0.05, 0) is 18.1 Å². The molecule has 3 heteroatoms. The Bertz CT molecular complexity index is 438. The van der Waals surface area contributed by atoms with Crippen LogP contribution in [0.4, 0.5) is 0 Å². The van der Waals surface area contributed by atoms with Gasteiger partial charge in [0.15, 0.2) is 0 Å². The molecule has 0 heterocycles. The van der Waals surface area contributed by atoms with Gasteiger partial charge in [-0.3, -0.25) is 0 Å². The lowest BCUT2D eigenvalue weighted by atomic mass is 10.0. The molecule has 0 saturated carbocycles. The quantitative estimate of drug-likeness (QED) is 0.148. The standard InChI is InChI=1S/C26H47O2P/c1-2-3-4-5-6-7-8-9-10-11-12-13-14-18-21-27-23-26(24-29)28-22-25-19-16-15-17-20-25/h15-17,19-20,26H,2-14,18,21-24,29H2,1H3. The molecule has 2 nitrogen and oxygen atoms in total. The molecule has 0 aliphatic heterocycles. The van der Waals surface area contributed by atoms with Gasteiger partial charge in [-0.15, -0.1) is 9.24 Å². The molecule has 0 aliphatic carbocycles. The summed E-state index contributed by atoms with van der Waals surface area (Å²) in [5, 5.41) is 0. The maximum absolute atomic E-state index is 5.96. The molecule has 0 amide bonds. The Morgan fingerprint density at radius 2 is 1.24 bits per heavy atom. The second kappa shape index (κ2) is 20.8. The molecule has 29 heavy (non-hydrogen) atoms. The van der Waals surface area contributed by atoms with E-state index in [-0.39, 0.29) is 6.10 Å². The van der Waals surface area contributed by atoms with Gasteiger partial charge < -0.3 is 9.47 Å². The van der Waals surface area contributed by atoms with E-state index in [1.54, 1.807) is 0 Å². The van der Waals surface area contributed by atoms with E-state index in [0.717, 1.165) is 12.8 Å².